The topological polar surface area (TPSA) is 46.9 Å². The molecule has 0 aliphatic heterocycles. The number of anilines is 1. The number of aryl methyl sites for hydroxylation is 1. The van der Waals surface area contributed by atoms with E-state index in [4.69, 9.17) is 0 Å². The van der Waals surface area contributed by atoms with Crippen LogP contribution in [0.5, 0.6) is 0 Å². The normalized spacial score (nSPS) is 10.7. The van der Waals surface area contributed by atoms with Gasteiger partial charge in [-0.25, -0.2) is 4.39 Å². The van der Waals surface area contributed by atoms with Gasteiger partial charge in [-0.1, -0.05) is 44.2 Å². The quantitative estimate of drug-likeness (QED) is 0.713. The number of carbonyl (C=O) groups is 1. The zero-order valence-electron chi connectivity index (χ0n) is 15.0. The standard InChI is InChI=1S/C21H22FN3O/c1-3-18-20(21(26)23-17-12-10-16(22)11-13-17)19(4-2)25(24-18)14-15-8-6-5-7-9-15/h5-13H,3-4,14H2,1-2H3,(H,23,26). The SMILES string of the molecule is CCc1nn(Cc2ccccc2)c(CC)c1C(=O)Nc1ccc(F)cc1. The van der Waals surface area contributed by atoms with Crippen molar-refractivity contribution in [2.24, 2.45) is 0 Å². The molecule has 4 nitrogen and oxygen atoms in total. The van der Waals surface area contributed by atoms with Crippen molar-refractivity contribution in [2.75, 3.05) is 5.32 Å². The van der Waals surface area contributed by atoms with Crippen LogP contribution in [0.25, 0.3) is 0 Å². The minimum Gasteiger partial charge on any atom is -0.322 e. The highest BCUT2D eigenvalue weighted by atomic mass is 19.1. The molecule has 0 spiro atoms. The Balaban J connectivity index is 1.92. The van der Waals surface area contributed by atoms with Crippen LogP contribution in [0.3, 0.4) is 0 Å². The Labute approximate surface area is 152 Å². The molecule has 5 heteroatoms. The lowest BCUT2D eigenvalue weighted by Crippen LogP contribution is -2.16. The number of benzene rings is 2. The number of halogens is 1. The lowest BCUT2D eigenvalue weighted by atomic mass is 10.1. The van der Waals surface area contributed by atoms with Crippen LogP contribution in [-0.2, 0) is 19.4 Å². The minimum atomic E-state index is -0.331. The van der Waals surface area contributed by atoms with Gasteiger partial charge < -0.3 is 5.32 Å². The van der Waals surface area contributed by atoms with Gasteiger partial charge >= 0.3 is 0 Å². The second-order valence-electron chi connectivity index (χ2n) is 6.08. The number of hydrogen-bond acceptors (Lipinski definition) is 2. The van der Waals surface area contributed by atoms with E-state index >= 15 is 0 Å². The van der Waals surface area contributed by atoms with Gasteiger partial charge in [0.2, 0.25) is 0 Å². The molecular formula is C21H22FN3O. The third-order valence-electron chi connectivity index (χ3n) is 4.30. The maximum Gasteiger partial charge on any atom is 0.259 e. The van der Waals surface area contributed by atoms with E-state index in [0.717, 1.165) is 17.0 Å². The minimum absolute atomic E-state index is 0.204. The fraction of sp³-hybridized carbons (Fsp3) is 0.238. The van der Waals surface area contributed by atoms with Gasteiger partial charge in [0.25, 0.3) is 5.91 Å². The molecule has 0 bridgehead atoms. The summed E-state index contributed by atoms with van der Waals surface area (Å²) in [4.78, 5) is 12.9. The Kier molecular flexibility index (Phi) is 5.46. The van der Waals surface area contributed by atoms with Gasteiger partial charge in [0.15, 0.2) is 0 Å². The molecule has 3 rings (SSSR count). The molecule has 0 aliphatic rings. The van der Waals surface area contributed by atoms with Gasteiger partial charge in [-0.2, -0.15) is 5.10 Å². The van der Waals surface area contributed by atoms with E-state index in [9.17, 15) is 9.18 Å². The third-order valence-corrected chi connectivity index (χ3v) is 4.30. The van der Waals surface area contributed by atoms with E-state index in [1.807, 2.05) is 48.9 Å². The van der Waals surface area contributed by atoms with Crippen LogP contribution in [0.1, 0.15) is 41.2 Å². The van der Waals surface area contributed by atoms with Crippen LogP contribution < -0.4 is 5.32 Å². The monoisotopic (exact) mass is 351 g/mol. The number of aromatic nitrogens is 2. The van der Waals surface area contributed by atoms with E-state index < -0.39 is 0 Å². The van der Waals surface area contributed by atoms with Crippen molar-refractivity contribution in [3.05, 3.63) is 82.9 Å². The van der Waals surface area contributed by atoms with Gasteiger partial charge in [0.05, 0.1) is 23.5 Å². The van der Waals surface area contributed by atoms with Gasteiger partial charge in [-0.05, 0) is 42.7 Å². The lowest BCUT2D eigenvalue weighted by Gasteiger charge is -2.09. The second kappa shape index (κ2) is 7.95. The molecule has 0 atom stereocenters. The van der Waals surface area contributed by atoms with Crippen LogP contribution >= 0.6 is 0 Å². The van der Waals surface area contributed by atoms with Gasteiger partial charge in [0.1, 0.15) is 5.82 Å². The molecule has 0 saturated carbocycles. The van der Waals surface area contributed by atoms with Crippen molar-refractivity contribution in [2.45, 2.75) is 33.2 Å². The Morgan fingerprint density at radius 2 is 1.73 bits per heavy atom. The molecule has 26 heavy (non-hydrogen) atoms. The van der Waals surface area contributed by atoms with E-state index in [1.54, 1.807) is 12.1 Å². The van der Waals surface area contributed by atoms with Crippen LogP contribution in [0, 0.1) is 5.82 Å². The van der Waals surface area contributed by atoms with E-state index in [0.29, 0.717) is 30.6 Å². The first-order valence-electron chi connectivity index (χ1n) is 8.81. The van der Waals surface area contributed by atoms with E-state index in [1.165, 1.54) is 12.1 Å². The number of hydrogen-bond donors (Lipinski definition) is 1. The molecule has 3 aromatic rings. The van der Waals surface area contributed by atoms with Gasteiger partial charge in [0, 0.05) is 5.69 Å². The first-order valence-corrected chi connectivity index (χ1v) is 8.81. The third kappa shape index (κ3) is 3.82. The highest BCUT2D eigenvalue weighted by Crippen LogP contribution is 2.20. The number of carbonyl (C=O) groups excluding carboxylic acids is 1. The fourth-order valence-corrected chi connectivity index (χ4v) is 3.03. The fourth-order valence-electron chi connectivity index (χ4n) is 3.03. The van der Waals surface area contributed by atoms with Crippen LogP contribution in [0.15, 0.2) is 54.6 Å². The zero-order valence-corrected chi connectivity index (χ0v) is 15.0. The Bertz CT molecular complexity index is 886. The number of nitrogens with zero attached hydrogens (tertiary/aromatic N) is 2. The van der Waals surface area contributed by atoms with Crippen LogP contribution in [-0.4, -0.2) is 15.7 Å². The lowest BCUT2D eigenvalue weighted by molar-refractivity contribution is 0.102. The maximum atomic E-state index is 13.1. The molecule has 1 heterocycles. The van der Waals surface area contributed by atoms with Crippen molar-refractivity contribution in [3.8, 4) is 0 Å². The molecule has 0 unspecified atom stereocenters. The van der Waals surface area contributed by atoms with Crippen molar-refractivity contribution in [1.29, 1.82) is 0 Å². The van der Waals surface area contributed by atoms with Gasteiger partial charge in [-0.15, -0.1) is 0 Å². The van der Waals surface area contributed by atoms with E-state index in [-0.39, 0.29) is 11.7 Å². The second-order valence-corrected chi connectivity index (χ2v) is 6.08. The average Bonchev–Trinajstić information content (AvgIpc) is 3.02. The summed E-state index contributed by atoms with van der Waals surface area (Å²) < 4.78 is 15.0. The number of rotatable bonds is 6. The first-order chi connectivity index (χ1) is 12.6. The molecule has 134 valence electrons. The Morgan fingerprint density at radius 3 is 2.35 bits per heavy atom. The summed E-state index contributed by atoms with van der Waals surface area (Å²) in [6.07, 6.45) is 1.37. The smallest absolute Gasteiger partial charge is 0.259 e. The Hall–Kier alpha value is -2.95. The Morgan fingerprint density at radius 1 is 1.04 bits per heavy atom. The molecule has 0 saturated heterocycles. The number of nitrogens with one attached hydrogen (secondary N) is 1. The molecule has 0 radical (unpaired) electrons. The molecular weight excluding hydrogens is 329 g/mol. The van der Waals surface area contributed by atoms with Crippen molar-refractivity contribution < 1.29 is 9.18 Å². The maximum absolute atomic E-state index is 13.1. The highest BCUT2D eigenvalue weighted by Gasteiger charge is 2.22. The molecule has 0 fully saturated rings. The largest absolute Gasteiger partial charge is 0.322 e. The predicted molar refractivity (Wildman–Crippen MR) is 101 cm³/mol. The van der Waals surface area contributed by atoms with E-state index in [2.05, 4.69) is 10.4 Å². The van der Waals surface area contributed by atoms with Crippen LogP contribution in [0.2, 0.25) is 0 Å². The summed E-state index contributed by atoms with van der Waals surface area (Å²) >= 11 is 0. The molecule has 0 aliphatic carbocycles. The predicted octanol–water partition coefficient (Wildman–Crippen LogP) is 4.45. The molecule has 1 N–H and O–H groups in total. The highest BCUT2D eigenvalue weighted by molar-refractivity contribution is 6.06. The molecule has 1 aromatic heterocycles. The summed E-state index contributed by atoms with van der Waals surface area (Å²) in [5, 5.41) is 7.52. The van der Waals surface area contributed by atoms with Crippen molar-refractivity contribution in [3.63, 3.8) is 0 Å². The summed E-state index contributed by atoms with van der Waals surface area (Å²) in [6, 6.07) is 15.8. The van der Waals surface area contributed by atoms with Crippen LogP contribution in [0.4, 0.5) is 10.1 Å². The van der Waals surface area contributed by atoms with Gasteiger partial charge in [-0.3, -0.25) is 9.48 Å². The number of amides is 1. The molecule has 1 amide bonds. The van der Waals surface area contributed by atoms with Crippen molar-refractivity contribution >= 4 is 11.6 Å². The molecule has 2 aromatic carbocycles. The summed E-state index contributed by atoms with van der Waals surface area (Å²) in [6.45, 7) is 4.64. The average molecular weight is 351 g/mol. The summed E-state index contributed by atoms with van der Waals surface area (Å²) in [5.41, 5.74) is 4.01. The first kappa shape index (κ1) is 17.9. The summed E-state index contributed by atoms with van der Waals surface area (Å²) in [7, 11) is 0. The zero-order chi connectivity index (χ0) is 18.5. The van der Waals surface area contributed by atoms with Crippen molar-refractivity contribution in [1.82, 2.24) is 9.78 Å². The summed E-state index contributed by atoms with van der Waals surface area (Å²) in [5.74, 6) is -0.535.